The van der Waals surface area contributed by atoms with Gasteiger partial charge in [-0.25, -0.2) is 8.42 Å². The molecule has 0 saturated heterocycles. The Morgan fingerprint density at radius 1 is 1.40 bits per heavy atom. The first-order chi connectivity index (χ1) is 9.29. The third kappa shape index (κ3) is 3.12. The van der Waals surface area contributed by atoms with Gasteiger partial charge in [0.25, 0.3) is 15.0 Å². The molecule has 1 heterocycles. The monoisotopic (exact) mass is 333 g/mol. The van der Waals surface area contributed by atoms with Crippen molar-refractivity contribution in [2.75, 3.05) is 5.32 Å². The van der Waals surface area contributed by atoms with E-state index in [-0.39, 0.29) is 15.6 Å². The summed E-state index contributed by atoms with van der Waals surface area (Å²) in [5.74, 6) is -0.403. The van der Waals surface area contributed by atoms with E-state index in [0.717, 1.165) is 0 Å². The minimum atomic E-state index is -3.86. The lowest BCUT2D eigenvalue weighted by Gasteiger charge is -2.07. The van der Waals surface area contributed by atoms with Crippen molar-refractivity contribution < 1.29 is 13.2 Å². The van der Waals surface area contributed by atoms with Crippen LogP contribution in [0.4, 0.5) is 5.69 Å². The molecule has 9 heteroatoms. The SMILES string of the molecule is Cc1[nH]ncc1C(=O)Nc1ccc(S(=O)(=O)Cl)cc1Cl. The summed E-state index contributed by atoms with van der Waals surface area (Å²) in [6.07, 6.45) is 1.39. The van der Waals surface area contributed by atoms with Gasteiger partial charge in [-0.05, 0) is 25.1 Å². The van der Waals surface area contributed by atoms with E-state index in [9.17, 15) is 13.2 Å². The van der Waals surface area contributed by atoms with Crippen LogP contribution in [0.5, 0.6) is 0 Å². The highest BCUT2D eigenvalue weighted by Crippen LogP contribution is 2.27. The number of rotatable bonds is 3. The number of carbonyl (C=O) groups excluding carboxylic acids is 1. The Hall–Kier alpha value is -1.57. The number of aryl methyl sites for hydroxylation is 1. The van der Waals surface area contributed by atoms with Crippen LogP contribution in [-0.4, -0.2) is 24.5 Å². The number of hydrogen-bond acceptors (Lipinski definition) is 4. The first-order valence-corrected chi connectivity index (χ1v) is 8.03. The first kappa shape index (κ1) is 14.8. The Morgan fingerprint density at radius 2 is 2.10 bits per heavy atom. The zero-order chi connectivity index (χ0) is 14.9. The predicted octanol–water partition coefficient (Wildman–Crippen LogP) is 2.55. The maximum absolute atomic E-state index is 12.0. The summed E-state index contributed by atoms with van der Waals surface area (Å²) >= 11 is 5.92. The zero-order valence-corrected chi connectivity index (χ0v) is 12.5. The number of anilines is 1. The minimum absolute atomic E-state index is 0.0706. The quantitative estimate of drug-likeness (QED) is 0.844. The van der Waals surface area contributed by atoms with Crippen LogP contribution in [0.3, 0.4) is 0 Å². The Balaban J connectivity index is 2.27. The third-order valence-electron chi connectivity index (χ3n) is 2.54. The highest BCUT2D eigenvalue weighted by molar-refractivity contribution is 8.13. The fraction of sp³-hybridized carbons (Fsp3) is 0.0909. The number of hydrogen-bond donors (Lipinski definition) is 2. The number of H-pyrrole nitrogens is 1. The molecule has 0 aliphatic carbocycles. The molecule has 6 nitrogen and oxygen atoms in total. The molecule has 1 amide bonds. The van der Waals surface area contributed by atoms with Gasteiger partial charge in [-0.15, -0.1) is 0 Å². The largest absolute Gasteiger partial charge is 0.321 e. The molecular weight excluding hydrogens is 325 g/mol. The lowest BCUT2D eigenvalue weighted by Crippen LogP contribution is -2.12. The van der Waals surface area contributed by atoms with E-state index in [4.69, 9.17) is 22.3 Å². The van der Waals surface area contributed by atoms with Gasteiger partial charge in [0, 0.05) is 16.4 Å². The lowest BCUT2D eigenvalue weighted by atomic mass is 10.2. The Morgan fingerprint density at radius 3 is 2.60 bits per heavy atom. The number of aromatic nitrogens is 2. The molecule has 0 bridgehead atoms. The van der Waals surface area contributed by atoms with Gasteiger partial charge in [-0.1, -0.05) is 11.6 Å². The fourth-order valence-corrected chi connectivity index (χ4v) is 2.59. The van der Waals surface area contributed by atoms with E-state index in [0.29, 0.717) is 11.3 Å². The van der Waals surface area contributed by atoms with Crippen LogP contribution in [0.25, 0.3) is 0 Å². The molecule has 106 valence electrons. The van der Waals surface area contributed by atoms with Crippen LogP contribution >= 0.6 is 22.3 Å². The summed E-state index contributed by atoms with van der Waals surface area (Å²) in [4.78, 5) is 11.8. The smallest absolute Gasteiger partial charge is 0.261 e. The highest BCUT2D eigenvalue weighted by atomic mass is 35.7. The second-order valence-corrected chi connectivity index (χ2v) is 6.92. The molecule has 1 aromatic carbocycles. The van der Waals surface area contributed by atoms with Gasteiger partial charge in [0.1, 0.15) is 0 Å². The van der Waals surface area contributed by atoms with Crippen molar-refractivity contribution in [2.45, 2.75) is 11.8 Å². The summed E-state index contributed by atoms with van der Waals surface area (Å²) in [5, 5.41) is 9.01. The van der Waals surface area contributed by atoms with Crippen LogP contribution in [0.15, 0.2) is 29.3 Å². The predicted molar refractivity (Wildman–Crippen MR) is 75.8 cm³/mol. The highest BCUT2D eigenvalue weighted by Gasteiger charge is 2.15. The summed E-state index contributed by atoms with van der Waals surface area (Å²) in [7, 11) is 1.34. The summed E-state index contributed by atoms with van der Waals surface area (Å²) in [6.45, 7) is 1.70. The molecular formula is C11H9Cl2N3O3S. The third-order valence-corrected chi connectivity index (χ3v) is 4.21. The average molecular weight is 334 g/mol. The van der Waals surface area contributed by atoms with Gasteiger partial charge in [-0.3, -0.25) is 9.89 Å². The van der Waals surface area contributed by atoms with E-state index < -0.39 is 15.0 Å². The summed E-state index contributed by atoms with van der Waals surface area (Å²) in [6, 6.07) is 3.79. The summed E-state index contributed by atoms with van der Waals surface area (Å²) < 4.78 is 22.3. The number of amides is 1. The maximum Gasteiger partial charge on any atom is 0.261 e. The van der Waals surface area contributed by atoms with Crippen molar-refractivity contribution in [1.82, 2.24) is 10.2 Å². The minimum Gasteiger partial charge on any atom is -0.321 e. The van der Waals surface area contributed by atoms with Crippen molar-refractivity contribution in [3.63, 3.8) is 0 Å². The molecule has 0 radical (unpaired) electrons. The molecule has 0 saturated carbocycles. The number of benzene rings is 1. The van der Waals surface area contributed by atoms with Crippen LogP contribution in [0.2, 0.25) is 5.02 Å². The van der Waals surface area contributed by atoms with Crippen LogP contribution in [-0.2, 0) is 9.05 Å². The van der Waals surface area contributed by atoms with Crippen molar-refractivity contribution >= 4 is 42.9 Å². The van der Waals surface area contributed by atoms with E-state index in [1.807, 2.05) is 0 Å². The van der Waals surface area contributed by atoms with Crippen LogP contribution < -0.4 is 5.32 Å². The van der Waals surface area contributed by atoms with E-state index in [1.165, 1.54) is 24.4 Å². The van der Waals surface area contributed by atoms with Gasteiger partial charge in [-0.2, -0.15) is 5.10 Å². The van der Waals surface area contributed by atoms with E-state index in [2.05, 4.69) is 15.5 Å². The molecule has 20 heavy (non-hydrogen) atoms. The number of halogens is 2. The molecule has 2 aromatic rings. The van der Waals surface area contributed by atoms with E-state index in [1.54, 1.807) is 6.92 Å². The normalized spacial score (nSPS) is 11.3. The van der Waals surface area contributed by atoms with Gasteiger partial charge in [0.2, 0.25) is 0 Å². The van der Waals surface area contributed by atoms with Crippen molar-refractivity contribution in [1.29, 1.82) is 0 Å². The Labute approximate surface area is 124 Å². The molecule has 2 rings (SSSR count). The zero-order valence-electron chi connectivity index (χ0n) is 10.1. The van der Waals surface area contributed by atoms with Gasteiger partial charge in [0.15, 0.2) is 0 Å². The molecule has 0 atom stereocenters. The molecule has 0 aliphatic heterocycles. The Bertz CT molecular complexity index is 771. The molecule has 0 fully saturated rings. The second kappa shape index (κ2) is 5.43. The fourth-order valence-electron chi connectivity index (χ4n) is 1.52. The molecule has 2 N–H and O–H groups in total. The average Bonchev–Trinajstić information content (AvgIpc) is 2.76. The number of nitrogens with zero attached hydrogens (tertiary/aromatic N) is 1. The topological polar surface area (TPSA) is 91.9 Å². The van der Waals surface area contributed by atoms with Crippen LogP contribution in [0.1, 0.15) is 16.1 Å². The van der Waals surface area contributed by atoms with Gasteiger partial charge < -0.3 is 5.32 Å². The standard InChI is InChI=1S/C11H9Cl2N3O3S/c1-6-8(5-14-16-6)11(17)15-10-3-2-7(4-9(10)12)20(13,18)19/h2-5H,1H3,(H,14,16)(H,15,17). The van der Waals surface area contributed by atoms with E-state index >= 15 is 0 Å². The second-order valence-electron chi connectivity index (χ2n) is 3.94. The molecule has 0 unspecified atom stereocenters. The van der Waals surface area contributed by atoms with Crippen molar-refractivity contribution in [3.8, 4) is 0 Å². The Kier molecular flexibility index (Phi) is 4.03. The van der Waals surface area contributed by atoms with Crippen molar-refractivity contribution in [3.05, 3.63) is 40.7 Å². The summed E-state index contributed by atoms with van der Waals surface area (Å²) in [5.41, 5.74) is 1.26. The molecule has 1 aromatic heterocycles. The van der Waals surface area contributed by atoms with Crippen LogP contribution in [0, 0.1) is 6.92 Å². The molecule has 0 aliphatic rings. The molecule has 0 spiro atoms. The van der Waals surface area contributed by atoms with Crippen molar-refractivity contribution in [2.24, 2.45) is 0 Å². The lowest BCUT2D eigenvalue weighted by molar-refractivity contribution is 0.102. The van der Waals surface area contributed by atoms with Gasteiger partial charge in [0.05, 0.1) is 27.4 Å². The number of aromatic amines is 1. The first-order valence-electron chi connectivity index (χ1n) is 5.34. The number of carbonyl (C=O) groups is 1. The number of nitrogens with one attached hydrogen (secondary N) is 2. The van der Waals surface area contributed by atoms with Gasteiger partial charge >= 0.3 is 0 Å². The maximum atomic E-state index is 12.0.